The molecule has 0 aromatic carbocycles. The van der Waals surface area contributed by atoms with E-state index in [1.807, 2.05) is 0 Å². The van der Waals surface area contributed by atoms with Crippen molar-refractivity contribution in [3.05, 3.63) is 0 Å². The summed E-state index contributed by atoms with van der Waals surface area (Å²) in [7, 11) is 0.878. The second kappa shape index (κ2) is 7.45. The predicted molar refractivity (Wildman–Crippen MR) is 72.1 cm³/mol. The highest BCUT2D eigenvalue weighted by atomic mass is 28.2. The summed E-state index contributed by atoms with van der Waals surface area (Å²) in [5, 5.41) is 0. The number of rotatable bonds is 8. The molecule has 0 aliphatic heterocycles. The molecule has 0 saturated carbocycles. The Balaban J connectivity index is 4.55. The highest BCUT2D eigenvalue weighted by Crippen LogP contribution is 2.38. The zero-order valence-corrected chi connectivity index (χ0v) is 13.6. The van der Waals surface area contributed by atoms with Gasteiger partial charge in [-0.1, -0.05) is 41.0 Å². The summed E-state index contributed by atoms with van der Waals surface area (Å²) < 4.78 is 5.60. The zero-order valence-electron chi connectivity index (χ0n) is 11.6. The molecule has 0 aromatic heterocycles. The maximum Gasteiger partial charge on any atom is 0.145 e. The van der Waals surface area contributed by atoms with Gasteiger partial charge < -0.3 is 4.43 Å². The maximum absolute atomic E-state index is 5.60. The molecule has 0 radical (unpaired) electrons. The van der Waals surface area contributed by atoms with Crippen molar-refractivity contribution in [3.63, 3.8) is 0 Å². The summed E-state index contributed by atoms with van der Waals surface area (Å²) in [4.78, 5) is 0. The van der Waals surface area contributed by atoms with Crippen LogP contribution in [0.5, 0.6) is 0 Å². The topological polar surface area (TPSA) is 9.23 Å². The third kappa shape index (κ3) is 6.36. The SMILES string of the molecule is CCCC(CO[SiH3])(CC(C)C)CC(C)C. The van der Waals surface area contributed by atoms with Crippen LogP contribution in [0.2, 0.25) is 0 Å². The van der Waals surface area contributed by atoms with Gasteiger partial charge in [-0.05, 0) is 36.5 Å². The molecule has 0 N–H and O–H groups in total. The molecule has 0 spiro atoms. The standard InChI is InChI=1S/C13H30OSi/c1-6-7-13(10-14-15,8-11(2)3)9-12(4)5/h11-12H,6-10H2,1-5,15H3. The van der Waals surface area contributed by atoms with Crippen LogP contribution in [0.15, 0.2) is 0 Å². The van der Waals surface area contributed by atoms with Crippen molar-refractivity contribution in [3.8, 4) is 0 Å². The molecule has 0 rings (SSSR count). The van der Waals surface area contributed by atoms with Crippen molar-refractivity contribution in [1.29, 1.82) is 0 Å². The van der Waals surface area contributed by atoms with Crippen molar-refractivity contribution < 1.29 is 4.43 Å². The Bertz CT molecular complexity index is 137. The van der Waals surface area contributed by atoms with Gasteiger partial charge in [0.1, 0.15) is 10.5 Å². The normalized spacial score (nSPS) is 13.0. The second-order valence-corrected chi connectivity index (χ2v) is 6.46. The van der Waals surface area contributed by atoms with Crippen LogP contribution in [0.25, 0.3) is 0 Å². The first kappa shape index (κ1) is 15.2. The number of hydrogen-bond donors (Lipinski definition) is 0. The predicted octanol–water partition coefficient (Wildman–Crippen LogP) is 3.16. The molecule has 0 aromatic rings. The molecule has 2 heteroatoms. The lowest BCUT2D eigenvalue weighted by atomic mass is 9.72. The molecule has 0 unspecified atom stereocenters. The quantitative estimate of drug-likeness (QED) is 0.582. The Morgan fingerprint density at radius 2 is 1.53 bits per heavy atom. The van der Waals surface area contributed by atoms with E-state index in [1.165, 1.54) is 25.7 Å². The third-order valence-corrected chi connectivity index (χ3v) is 3.20. The molecule has 92 valence electrons. The van der Waals surface area contributed by atoms with Gasteiger partial charge in [0.25, 0.3) is 0 Å². The van der Waals surface area contributed by atoms with E-state index >= 15 is 0 Å². The monoisotopic (exact) mass is 230 g/mol. The molecule has 0 aliphatic carbocycles. The lowest BCUT2D eigenvalue weighted by Crippen LogP contribution is -2.30. The van der Waals surface area contributed by atoms with Gasteiger partial charge in [-0.15, -0.1) is 0 Å². The minimum Gasteiger partial charge on any atom is -0.427 e. The van der Waals surface area contributed by atoms with E-state index in [-0.39, 0.29) is 0 Å². The Morgan fingerprint density at radius 3 is 1.80 bits per heavy atom. The lowest BCUT2D eigenvalue weighted by Gasteiger charge is -2.36. The van der Waals surface area contributed by atoms with Crippen molar-refractivity contribution >= 4 is 10.5 Å². The summed E-state index contributed by atoms with van der Waals surface area (Å²) >= 11 is 0. The van der Waals surface area contributed by atoms with Crippen LogP contribution in [0.3, 0.4) is 0 Å². The summed E-state index contributed by atoms with van der Waals surface area (Å²) in [5.74, 6) is 1.57. The fourth-order valence-electron chi connectivity index (χ4n) is 3.05. The Labute approximate surface area is 99.5 Å². The minimum atomic E-state index is 0.457. The molecule has 0 fully saturated rings. The van der Waals surface area contributed by atoms with Crippen molar-refractivity contribution in [2.75, 3.05) is 6.61 Å². The second-order valence-electron chi connectivity index (χ2n) is 5.88. The highest BCUT2D eigenvalue weighted by molar-refractivity contribution is 5.97. The zero-order chi connectivity index (χ0) is 11.9. The van der Waals surface area contributed by atoms with Gasteiger partial charge >= 0.3 is 0 Å². The molecule has 15 heavy (non-hydrogen) atoms. The molecule has 0 atom stereocenters. The molecule has 0 heterocycles. The maximum atomic E-state index is 5.60. The molecule has 1 nitrogen and oxygen atoms in total. The van der Waals surface area contributed by atoms with Crippen LogP contribution in [0, 0.1) is 17.3 Å². The van der Waals surface area contributed by atoms with E-state index in [9.17, 15) is 0 Å². The Morgan fingerprint density at radius 1 is 1.07 bits per heavy atom. The van der Waals surface area contributed by atoms with Gasteiger partial charge in [-0.3, -0.25) is 0 Å². The molecular weight excluding hydrogens is 200 g/mol. The average Bonchev–Trinajstić information content (AvgIpc) is 2.01. The molecule has 0 saturated heterocycles. The van der Waals surface area contributed by atoms with E-state index < -0.39 is 0 Å². The molecule has 0 bridgehead atoms. The summed E-state index contributed by atoms with van der Waals surface area (Å²) in [6.45, 7) is 12.6. The number of hydrogen-bond acceptors (Lipinski definition) is 1. The first-order valence-corrected chi connectivity index (χ1v) is 7.26. The van der Waals surface area contributed by atoms with Crippen molar-refractivity contribution in [1.82, 2.24) is 0 Å². The first-order valence-electron chi connectivity index (χ1n) is 6.44. The Hall–Kier alpha value is 0.177. The largest absolute Gasteiger partial charge is 0.427 e. The van der Waals surface area contributed by atoms with Gasteiger partial charge in [-0.25, -0.2) is 0 Å². The van der Waals surface area contributed by atoms with E-state index in [4.69, 9.17) is 4.43 Å². The fraction of sp³-hybridized carbons (Fsp3) is 1.00. The third-order valence-electron chi connectivity index (χ3n) is 2.91. The van der Waals surface area contributed by atoms with Crippen LogP contribution in [-0.4, -0.2) is 17.1 Å². The van der Waals surface area contributed by atoms with Crippen LogP contribution in [-0.2, 0) is 4.43 Å². The van der Waals surface area contributed by atoms with Crippen LogP contribution in [0.1, 0.15) is 60.3 Å². The molecular formula is C13H30OSi. The smallest absolute Gasteiger partial charge is 0.145 e. The van der Waals surface area contributed by atoms with Gasteiger partial charge in [0.2, 0.25) is 0 Å². The molecule has 0 aliphatic rings. The van der Waals surface area contributed by atoms with Crippen molar-refractivity contribution in [2.45, 2.75) is 60.3 Å². The van der Waals surface area contributed by atoms with Crippen molar-refractivity contribution in [2.24, 2.45) is 17.3 Å². The Kier molecular flexibility index (Phi) is 7.54. The van der Waals surface area contributed by atoms with Gasteiger partial charge in [0.15, 0.2) is 0 Å². The van der Waals surface area contributed by atoms with Crippen LogP contribution >= 0.6 is 0 Å². The highest BCUT2D eigenvalue weighted by Gasteiger charge is 2.30. The van der Waals surface area contributed by atoms with E-state index in [0.29, 0.717) is 5.41 Å². The minimum absolute atomic E-state index is 0.457. The summed E-state index contributed by atoms with van der Waals surface area (Å²) in [5.41, 5.74) is 0.457. The van der Waals surface area contributed by atoms with Gasteiger partial charge in [-0.2, -0.15) is 0 Å². The summed E-state index contributed by atoms with van der Waals surface area (Å²) in [6.07, 6.45) is 5.25. The van der Waals surface area contributed by atoms with Crippen LogP contribution in [0.4, 0.5) is 0 Å². The average molecular weight is 230 g/mol. The molecule has 0 amide bonds. The van der Waals surface area contributed by atoms with Gasteiger partial charge in [0.05, 0.1) is 0 Å². The lowest BCUT2D eigenvalue weighted by molar-refractivity contribution is 0.0871. The van der Waals surface area contributed by atoms with E-state index in [0.717, 1.165) is 28.9 Å². The summed E-state index contributed by atoms with van der Waals surface area (Å²) in [6, 6.07) is 0. The van der Waals surface area contributed by atoms with Crippen LogP contribution < -0.4 is 0 Å². The van der Waals surface area contributed by atoms with E-state index in [2.05, 4.69) is 34.6 Å². The first-order chi connectivity index (χ1) is 6.95. The fourth-order valence-corrected chi connectivity index (χ4v) is 3.66. The van der Waals surface area contributed by atoms with E-state index in [1.54, 1.807) is 0 Å². The van der Waals surface area contributed by atoms with Gasteiger partial charge in [0, 0.05) is 6.61 Å².